The lowest BCUT2D eigenvalue weighted by molar-refractivity contribution is 1.46. The minimum absolute atomic E-state index is 1.26. The molecule has 0 saturated heterocycles. The van der Waals surface area contributed by atoms with Gasteiger partial charge in [-0.2, -0.15) is 0 Å². The molecule has 0 radical (unpaired) electrons. The summed E-state index contributed by atoms with van der Waals surface area (Å²) < 4.78 is 0. The van der Waals surface area contributed by atoms with Gasteiger partial charge in [-0.3, -0.25) is 0 Å². The first-order valence-electron chi connectivity index (χ1n) is 13.1. The van der Waals surface area contributed by atoms with Crippen LogP contribution in [0.5, 0.6) is 0 Å². The van der Waals surface area contributed by atoms with Crippen LogP contribution in [0.4, 0.5) is 0 Å². The normalized spacial score (nSPS) is 10.4. The standard InChI is InChI=1S/2C19H16/c1-15-9-5-6-12-17(15)19-14-8-7-13-18(19)16-10-3-2-4-11-16;1-15-8-7-11-17(14-15)19-13-6-5-12-18(19)16-9-3-2-4-10-16/h2*2-14H,1H3. The molecule has 0 heterocycles. The lowest BCUT2D eigenvalue weighted by atomic mass is 9.92. The summed E-state index contributed by atoms with van der Waals surface area (Å²) in [4.78, 5) is 0. The van der Waals surface area contributed by atoms with Crippen molar-refractivity contribution in [3.63, 3.8) is 0 Å². The molecule has 0 aliphatic rings. The van der Waals surface area contributed by atoms with Crippen LogP contribution in [-0.2, 0) is 0 Å². The van der Waals surface area contributed by atoms with E-state index < -0.39 is 0 Å². The highest BCUT2D eigenvalue weighted by atomic mass is 14.1. The van der Waals surface area contributed by atoms with Crippen LogP contribution in [0.25, 0.3) is 44.5 Å². The summed E-state index contributed by atoms with van der Waals surface area (Å²) in [5.74, 6) is 0. The second kappa shape index (κ2) is 12.0. The van der Waals surface area contributed by atoms with E-state index in [1.54, 1.807) is 0 Å². The predicted octanol–water partition coefficient (Wildman–Crippen LogP) is 10.7. The Labute approximate surface area is 226 Å². The summed E-state index contributed by atoms with van der Waals surface area (Å²) in [6.45, 7) is 4.30. The fourth-order valence-electron chi connectivity index (χ4n) is 4.88. The highest BCUT2D eigenvalue weighted by Gasteiger charge is 2.08. The van der Waals surface area contributed by atoms with Crippen molar-refractivity contribution in [2.75, 3.05) is 0 Å². The summed E-state index contributed by atoms with van der Waals surface area (Å²) in [5, 5.41) is 0. The second-order valence-corrected chi connectivity index (χ2v) is 9.51. The van der Waals surface area contributed by atoms with Crippen molar-refractivity contribution in [2.24, 2.45) is 0 Å². The Hall–Kier alpha value is -4.68. The molecule has 0 unspecified atom stereocenters. The predicted molar refractivity (Wildman–Crippen MR) is 164 cm³/mol. The Balaban J connectivity index is 0.000000155. The molecule has 0 heteroatoms. The third kappa shape index (κ3) is 5.82. The fourth-order valence-corrected chi connectivity index (χ4v) is 4.88. The van der Waals surface area contributed by atoms with E-state index in [1.165, 1.54) is 55.6 Å². The quantitative estimate of drug-likeness (QED) is 0.231. The first-order chi connectivity index (χ1) is 18.7. The summed E-state index contributed by atoms with van der Waals surface area (Å²) in [7, 11) is 0. The molecule has 0 aromatic heterocycles. The minimum atomic E-state index is 1.26. The molecule has 184 valence electrons. The molecule has 0 saturated carbocycles. The van der Waals surface area contributed by atoms with Crippen LogP contribution in [0, 0.1) is 13.8 Å². The third-order valence-electron chi connectivity index (χ3n) is 6.79. The van der Waals surface area contributed by atoms with Crippen molar-refractivity contribution in [3.8, 4) is 44.5 Å². The first kappa shape index (κ1) is 25.0. The van der Waals surface area contributed by atoms with Gasteiger partial charge in [-0.15, -0.1) is 0 Å². The van der Waals surface area contributed by atoms with Gasteiger partial charge in [0.1, 0.15) is 0 Å². The Kier molecular flexibility index (Phi) is 7.92. The average Bonchev–Trinajstić information content (AvgIpc) is 2.99. The van der Waals surface area contributed by atoms with Gasteiger partial charge in [0.05, 0.1) is 0 Å². The Morgan fingerprint density at radius 3 is 1.21 bits per heavy atom. The lowest BCUT2D eigenvalue weighted by Gasteiger charge is -2.12. The third-order valence-corrected chi connectivity index (χ3v) is 6.79. The molecule has 0 fully saturated rings. The maximum absolute atomic E-state index is 2.24. The zero-order valence-electron chi connectivity index (χ0n) is 22.0. The highest BCUT2D eigenvalue weighted by Crippen LogP contribution is 2.34. The molecule has 6 rings (SSSR count). The van der Waals surface area contributed by atoms with Gasteiger partial charge >= 0.3 is 0 Å². The van der Waals surface area contributed by atoms with Gasteiger partial charge in [0.25, 0.3) is 0 Å². The summed E-state index contributed by atoms with van der Waals surface area (Å²) >= 11 is 0. The van der Waals surface area contributed by atoms with Crippen LogP contribution in [-0.4, -0.2) is 0 Å². The molecule has 0 nitrogen and oxygen atoms in total. The summed E-state index contributed by atoms with van der Waals surface area (Å²) in [5.41, 5.74) is 12.9. The van der Waals surface area contributed by atoms with E-state index in [0.717, 1.165) is 0 Å². The van der Waals surface area contributed by atoms with Gasteiger partial charge in [0.15, 0.2) is 0 Å². The van der Waals surface area contributed by atoms with Gasteiger partial charge in [0.2, 0.25) is 0 Å². The SMILES string of the molecule is Cc1cccc(-c2ccccc2-c2ccccc2)c1.Cc1ccccc1-c1ccccc1-c1ccccc1. The molecule has 0 amide bonds. The maximum atomic E-state index is 2.24. The van der Waals surface area contributed by atoms with E-state index in [1.807, 2.05) is 0 Å². The van der Waals surface area contributed by atoms with Crippen LogP contribution in [0.3, 0.4) is 0 Å². The van der Waals surface area contributed by atoms with Crippen LogP contribution in [0.1, 0.15) is 11.1 Å². The van der Waals surface area contributed by atoms with Gasteiger partial charge in [-0.1, -0.05) is 163 Å². The molecule has 0 atom stereocenters. The number of benzene rings is 6. The highest BCUT2D eigenvalue weighted by molar-refractivity contribution is 5.85. The molecule has 0 N–H and O–H groups in total. The zero-order valence-corrected chi connectivity index (χ0v) is 22.0. The van der Waals surface area contributed by atoms with Gasteiger partial charge in [-0.25, -0.2) is 0 Å². The number of rotatable bonds is 4. The molecule has 38 heavy (non-hydrogen) atoms. The van der Waals surface area contributed by atoms with E-state index in [4.69, 9.17) is 0 Å². The smallest absolute Gasteiger partial charge is 0.0103 e. The Morgan fingerprint density at radius 1 is 0.289 bits per heavy atom. The summed E-state index contributed by atoms with van der Waals surface area (Å²) in [6.07, 6.45) is 0. The maximum Gasteiger partial charge on any atom is -0.0103 e. The van der Waals surface area contributed by atoms with Gasteiger partial charge in [-0.05, 0) is 63.9 Å². The number of hydrogen-bond acceptors (Lipinski definition) is 0. The fraction of sp³-hybridized carbons (Fsp3) is 0.0526. The molecule has 6 aromatic carbocycles. The van der Waals surface area contributed by atoms with E-state index >= 15 is 0 Å². The molecule has 0 spiro atoms. The van der Waals surface area contributed by atoms with E-state index in [2.05, 4.69) is 172 Å². The molecule has 0 bridgehead atoms. The minimum Gasteiger partial charge on any atom is -0.0622 e. The molecule has 0 aliphatic carbocycles. The van der Waals surface area contributed by atoms with Crippen LogP contribution < -0.4 is 0 Å². The van der Waals surface area contributed by atoms with Crippen molar-refractivity contribution in [1.29, 1.82) is 0 Å². The second-order valence-electron chi connectivity index (χ2n) is 9.51. The number of hydrogen-bond donors (Lipinski definition) is 0. The van der Waals surface area contributed by atoms with E-state index in [-0.39, 0.29) is 0 Å². The van der Waals surface area contributed by atoms with E-state index in [9.17, 15) is 0 Å². The molecule has 0 aliphatic heterocycles. The van der Waals surface area contributed by atoms with Crippen LogP contribution >= 0.6 is 0 Å². The molecular formula is C38H32. The van der Waals surface area contributed by atoms with Crippen LogP contribution in [0.2, 0.25) is 0 Å². The Morgan fingerprint density at radius 2 is 0.684 bits per heavy atom. The first-order valence-corrected chi connectivity index (χ1v) is 13.1. The zero-order chi connectivity index (χ0) is 26.2. The lowest BCUT2D eigenvalue weighted by Crippen LogP contribution is -1.87. The van der Waals surface area contributed by atoms with Gasteiger partial charge in [0, 0.05) is 0 Å². The number of aryl methyl sites for hydroxylation is 2. The Bertz CT molecular complexity index is 1610. The molecule has 6 aromatic rings. The van der Waals surface area contributed by atoms with Gasteiger partial charge < -0.3 is 0 Å². The topological polar surface area (TPSA) is 0 Å². The van der Waals surface area contributed by atoms with Crippen molar-refractivity contribution < 1.29 is 0 Å². The summed E-state index contributed by atoms with van der Waals surface area (Å²) in [6, 6.07) is 55.5. The van der Waals surface area contributed by atoms with Crippen molar-refractivity contribution in [2.45, 2.75) is 13.8 Å². The average molecular weight is 489 g/mol. The van der Waals surface area contributed by atoms with Crippen molar-refractivity contribution in [1.82, 2.24) is 0 Å². The van der Waals surface area contributed by atoms with Crippen LogP contribution in [0.15, 0.2) is 158 Å². The largest absolute Gasteiger partial charge is 0.0622 e. The monoisotopic (exact) mass is 488 g/mol. The van der Waals surface area contributed by atoms with Crippen molar-refractivity contribution in [3.05, 3.63) is 169 Å². The van der Waals surface area contributed by atoms with Crippen molar-refractivity contribution >= 4 is 0 Å². The molecular weight excluding hydrogens is 456 g/mol. The van der Waals surface area contributed by atoms with E-state index in [0.29, 0.717) is 0 Å².